The molecule has 1 unspecified atom stereocenters. The Labute approximate surface area is 45.6 Å². The van der Waals surface area contributed by atoms with Gasteiger partial charge in [-0.3, -0.25) is 0 Å². The zero-order chi connectivity index (χ0) is 5.15. The molecule has 0 N–H and O–H groups in total. The molecule has 0 aromatic carbocycles. The van der Waals surface area contributed by atoms with Gasteiger partial charge in [-0.1, -0.05) is 7.92 Å². The van der Waals surface area contributed by atoms with Crippen molar-refractivity contribution in [2.75, 3.05) is 13.3 Å². The van der Waals surface area contributed by atoms with Gasteiger partial charge in [-0.05, 0) is 20.3 Å². The lowest BCUT2D eigenvalue weighted by molar-refractivity contribution is 1.38. The molecular formula is C4H10ClP. The Morgan fingerprint density at radius 3 is 1.67 bits per heavy atom. The molecule has 38 valence electrons. The van der Waals surface area contributed by atoms with Crippen molar-refractivity contribution in [3.63, 3.8) is 0 Å². The van der Waals surface area contributed by atoms with E-state index >= 15 is 0 Å². The topological polar surface area (TPSA) is 0 Å². The maximum Gasteiger partial charge on any atom is 0.0500 e. The van der Waals surface area contributed by atoms with Gasteiger partial charge in [0.2, 0.25) is 0 Å². The molecule has 2 heteroatoms. The third kappa shape index (κ3) is 2.93. The van der Waals surface area contributed by atoms with Crippen LogP contribution in [-0.4, -0.2) is 18.4 Å². The Morgan fingerprint density at radius 2 is 1.67 bits per heavy atom. The molecule has 0 saturated heterocycles. The smallest absolute Gasteiger partial charge is 0.0500 e. The van der Waals surface area contributed by atoms with Gasteiger partial charge in [0.25, 0.3) is 0 Å². The molecule has 0 saturated carbocycles. The molecule has 0 fully saturated rings. The molecule has 0 rings (SSSR count). The molecule has 0 spiro atoms. The first-order valence-corrected chi connectivity index (χ1v) is 4.69. The van der Waals surface area contributed by atoms with Crippen molar-refractivity contribution < 1.29 is 0 Å². The summed E-state index contributed by atoms with van der Waals surface area (Å²) < 4.78 is 0. The van der Waals surface area contributed by atoms with Crippen LogP contribution >= 0.6 is 19.5 Å². The van der Waals surface area contributed by atoms with E-state index in [1.165, 1.54) is 0 Å². The zero-order valence-electron chi connectivity index (χ0n) is 4.40. The monoisotopic (exact) mass is 124 g/mol. The van der Waals surface area contributed by atoms with E-state index in [1.807, 2.05) is 6.92 Å². The maximum absolute atomic E-state index is 5.64. The standard InChI is InChI=1S/C4H10ClP/c1-4(5)6(2)3/h4H,1-3H3. The van der Waals surface area contributed by atoms with Crippen LogP contribution in [0.3, 0.4) is 0 Å². The van der Waals surface area contributed by atoms with Crippen LogP contribution in [-0.2, 0) is 0 Å². The van der Waals surface area contributed by atoms with E-state index in [2.05, 4.69) is 13.3 Å². The quantitative estimate of drug-likeness (QED) is 0.372. The summed E-state index contributed by atoms with van der Waals surface area (Å²) in [6, 6.07) is 0. The number of hydrogen-bond donors (Lipinski definition) is 0. The second-order valence-corrected chi connectivity index (χ2v) is 5.20. The fourth-order valence-corrected chi connectivity index (χ4v) is 0. The van der Waals surface area contributed by atoms with Gasteiger partial charge in [0.05, 0.1) is 0 Å². The summed E-state index contributed by atoms with van der Waals surface area (Å²) in [5, 5.41) is 0.389. The van der Waals surface area contributed by atoms with E-state index in [4.69, 9.17) is 11.6 Å². The van der Waals surface area contributed by atoms with Gasteiger partial charge < -0.3 is 0 Å². The Kier molecular flexibility index (Phi) is 3.16. The molecule has 0 heterocycles. The highest BCUT2D eigenvalue weighted by atomic mass is 35.5. The minimum absolute atomic E-state index is 0.106. The van der Waals surface area contributed by atoms with Crippen LogP contribution in [0.2, 0.25) is 0 Å². The lowest BCUT2D eigenvalue weighted by Crippen LogP contribution is -1.81. The Balaban J connectivity index is 2.99. The summed E-state index contributed by atoms with van der Waals surface area (Å²) in [6.07, 6.45) is 0. The van der Waals surface area contributed by atoms with E-state index in [9.17, 15) is 0 Å². The molecule has 6 heavy (non-hydrogen) atoms. The average Bonchev–Trinajstić information content (AvgIpc) is 1.36. The van der Waals surface area contributed by atoms with Crippen LogP contribution in [0, 0.1) is 0 Å². The SMILES string of the molecule is CC(Cl)P(C)C. The highest BCUT2D eigenvalue weighted by Gasteiger charge is 1.97. The lowest BCUT2D eigenvalue weighted by atomic mass is 11.0. The number of alkyl halides is 1. The van der Waals surface area contributed by atoms with Crippen molar-refractivity contribution in [3.8, 4) is 0 Å². The van der Waals surface area contributed by atoms with Crippen molar-refractivity contribution in [2.45, 2.75) is 12.0 Å². The molecular weight excluding hydrogens is 114 g/mol. The van der Waals surface area contributed by atoms with Gasteiger partial charge in [0, 0.05) is 5.12 Å². The van der Waals surface area contributed by atoms with E-state index < -0.39 is 0 Å². The Morgan fingerprint density at radius 1 is 1.50 bits per heavy atom. The maximum atomic E-state index is 5.64. The number of halogens is 1. The normalized spacial score (nSPS) is 15.5. The highest BCUT2D eigenvalue weighted by molar-refractivity contribution is 7.58. The second-order valence-electron chi connectivity index (χ2n) is 1.54. The summed E-state index contributed by atoms with van der Waals surface area (Å²) in [5.41, 5.74) is 0. The summed E-state index contributed by atoms with van der Waals surface area (Å²) in [7, 11) is 0.106. The van der Waals surface area contributed by atoms with Crippen molar-refractivity contribution in [1.82, 2.24) is 0 Å². The summed E-state index contributed by atoms with van der Waals surface area (Å²) in [6.45, 7) is 6.38. The lowest BCUT2D eigenvalue weighted by Gasteiger charge is -2.04. The zero-order valence-corrected chi connectivity index (χ0v) is 6.05. The van der Waals surface area contributed by atoms with Gasteiger partial charge in [0.15, 0.2) is 0 Å². The summed E-state index contributed by atoms with van der Waals surface area (Å²) in [5.74, 6) is 0. The molecule has 0 radical (unpaired) electrons. The molecule has 0 aliphatic rings. The average molecular weight is 125 g/mol. The molecule has 0 amide bonds. The fraction of sp³-hybridized carbons (Fsp3) is 1.00. The second kappa shape index (κ2) is 2.82. The van der Waals surface area contributed by atoms with Crippen molar-refractivity contribution in [1.29, 1.82) is 0 Å². The van der Waals surface area contributed by atoms with Crippen LogP contribution in [0.1, 0.15) is 6.92 Å². The number of hydrogen-bond acceptors (Lipinski definition) is 0. The molecule has 0 nitrogen and oxygen atoms in total. The van der Waals surface area contributed by atoms with Gasteiger partial charge in [0.1, 0.15) is 0 Å². The van der Waals surface area contributed by atoms with Crippen molar-refractivity contribution in [2.24, 2.45) is 0 Å². The van der Waals surface area contributed by atoms with Crippen LogP contribution in [0.25, 0.3) is 0 Å². The van der Waals surface area contributed by atoms with E-state index in [0.717, 1.165) is 0 Å². The largest absolute Gasteiger partial charge is 0.118 e. The Bertz CT molecular complexity index is 28.5. The van der Waals surface area contributed by atoms with Gasteiger partial charge in [-0.15, -0.1) is 11.6 Å². The first-order valence-electron chi connectivity index (χ1n) is 1.95. The third-order valence-electron chi connectivity index (χ3n) is 0.712. The van der Waals surface area contributed by atoms with Crippen LogP contribution in [0.5, 0.6) is 0 Å². The first kappa shape index (κ1) is 6.72. The van der Waals surface area contributed by atoms with Crippen molar-refractivity contribution in [3.05, 3.63) is 0 Å². The molecule has 0 aliphatic heterocycles. The summed E-state index contributed by atoms with van der Waals surface area (Å²) >= 11 is 5.64. The fourth-order valence-electron chi connectivity index (χ4n) is 0. The predicted molar refractivity (Wildman–Crippen MR) is 34.1 cm³/mol. The molecule has 0 aromatic heterocycles. The minimum Gasteiger partial charge on any atom is -0.118 e. The van der Waals surface area contributed by atoms with E-state index in [1.54, 1.807) is 0 Å². The Hall–Kier alpha value is 0.720. The first-order chi connectivity index (χ1) is 2.64. The summed E-state index contributed by atoms with van der Waals surface area (Å²) in [4.78, 5) is 0. The third-order valence-corrected chi connectivity index (χ3v) is 3.31. The van der Waals surface area contributed by atoms with E-state index in [0.29, 0.717) is 5.12 Å². The minimum atomic E-state index is 0.106. The highest BCUT2D eigenvalue weighted by Crippen LogP contribution is 2.33. The van der Waals surface area contributed by atoms with Crippen molar-refractivity contribution >= 4 is 19.5 Å². The van der Waals surface area contributed by atoms with Crippen LogP contribution < -0.4 is 0 Å². The van der Waals surface area contributed by atoms with Crippen LogP contribution in [0.4, 0.5) is 0 Å². The predicted octanol–water partition coefficient (Wildman–Crippen LogP) is 2.31. The van der Waals surface area contributed by atoms with Gasteiger partial charge in [-0.25, -0.2) is 0 Å². The number of rotatable bonds is 1. The van der Waals surface area contributed by atoms with Crippen LogP contribution in [0.15, 0.2) is 0 Å². The molecule has 1 atom stereocenters. The molecule has 0 bridgehead atoms. The van der Waals surface area contributed by atoms with Gasteiger partial charge >= 0.3 is 0 Å². The molecule has 0 aromatic rings. The van der Waals surface area contributed by atoms with E-state index in [-0.39, 0.29) is 7.92 Å². The van der Waals surface area contributed by atoms with Gasteiger partial charge in [-0.2, -0.15) is 0 Å². The molecule has 0 aliphatic carbocycles.